The Hall–Kier alpha value is -1.09. The SMILES string of the molecule is COc1cc(F)ccc1[C@H](N)C(C)(C)C. The molecule has 3 heteroatoms. The van der Waals surface area contributed by atoms with E-state index in [4.69, 9.17) is 10.5 Å². The van der Waals surface area contributed by atoms with Crippen LogP contribution in [0.1, 0.15) is 32.4 Å². The normalized spacial score (nSPS) is 13.7. The highest BCUT2D eigenvalue weighted by Crippen LogP contribution is 2.35. The standard InChI is InChI=1S/C12H18FNO/c1-12(2,3)11(14)9-6-5-8(13)7-10(9)15-4/h5-7,11H,14H2,1-4H3/t11-/m0/s1. The molecule has 1 rings (SSSR count). The maximum Gasteiger partial charge on any atom is 0.126 e. The lowest BCUT2D eigenvalue weighted by Gasteiger charge is -2.28. The molecule has 0 aliphatic carbocycles. The molecule has 1 aromatic rings. The monoisotopic (exact) mass is 211 g/mol. The van der Waals surface area contributed by atoms with Crippen LogP contribution in [0, 0.1) is 11.2 Å². The van der Waals surface area contributed by atoms with Gasteiger partial charge in [0.15, 0.2) is 0 Å². The third-order valence-corrected chi connectivity index (χ3v) is 2.46. The van der Waals surface area contributed by atoms with E-state index in [0.717, 1.165) is 5.56 Å². The van der Waals surface area contributed by atoms with Crippen LogP contribution >= 0.6 is 0 Å². The van der Waals surface area contributed by atoms with Crippen molar-refractivity contribution >= 4 is 0 Å². The molecule has 0 heterocycles. The molecule has 2 N–H and O–H groups in total. The summed E-state index contributed by atoms with van der Waals surface area (Å²) in [6.45, 7) is 6.13. The topological polar surface area (TPSA) is 35.2 Å². The Balaban J connectivity index is 3.14. The fourth-order valence-corrected chi connectivity index (χ4v) is 1.41. The van der Waals surface area contributed by atoms with Gasteiger partial charge >= 0.3 is 0 Å². The highest BCUT2D eigenvalue weighted by Gasteiger charge is 2.25. The first-order chi connectivity index (χ1) is 6.86. The lowest BCUT2D eigenvalue weighted by Crippen LogP contribution is -2.26. The van der Waals surface area contributed by atoms with E-state index in [1.807, 2.05) is 20.8 Å². The maximum atomic E-state index is 13.0. The van der Waals surface area contributed by atoms with Crippen LogP contribution in [0.5, 0.6) is 5.75 Å². The second-order valence-corrected chi connectivity index (χ2v) is 4.73. The summed E-state index contributed by atoms with van der Waals surface area (Å²) in [5.74, 6) is 0.203. The van der Waals surface area contributed by atoms with Crippen LogP contribution in [0.15, 0.2) is 18.2 Å². The number of nitrogens with two attached hydrogens (primary N) is 1. The van der Waals surface area contributed by atoms with Crippen LogP contribution in [-0.2, 0) is 0 Å². The molecule has 84 valence electrons. The molecule has 0 saturated heterocycles. The maximum absolute atomic E-state index is 13.0. The highest BCUT2D eigenvalue weighted by molar-refractivity contribution is 5.37. The zero-order valence-corrected chi connectivity index (χ0v) is 9.67. The molecule has 0 bridgehead atoms. The van der Waals surface area contributed by atoms with Gasteiger partial charge in [-0.2, -0.15) is 0 Å². The molecule has 15 heavy (non-hydrogen) atoms. The van der Waals surface area contributed by atoms with Crippen molar-refractivity contribution in [1.29, 1.82) is 0 Å². The van der Waals surface area contributed by atoms with Gasteiger partial charge in [-0.25, -0.2) is 4.39 Å². The molecule has 1 aromatic carbocycles. The Bertz CT molecular complexity index is 344. The number of halogens is 1. The largest absolute Gasteiger partial charge is 0.496 e. The van der Waals surface area contributed by atoms with Gasteiger partial charge in [-0.05, 0) is 11.5 Å². The van der Waals surface area contributed by atoms with Crippen molar-refractivity contribution in [2.75, 3.05) is 7.11 Å². The van der Waals surface area contributed by atoms with E-state index in [1.54, 1.807) is 6.07 Å². The Morgan fingerprint density at radius 3 is 2.40 bits per heavy atom. The quantitative estimate of drug-likeness (QED) is 0.816. The zero-order valence-electron chi connectivity index (χ0n) is 9.67. The van der Waals surface area contributed by atoms with E-state index in [9.17, 15) is 4.39 Å². The lowest BCUT2D eigenvalue weighted by atomic mass is 9.83. The smallest absolute Gasteiger partial charge is 0.126 e. The summed E-state index contributed by atoms with van der Waals surface area (Å²) in [4.78, 5) is 0. The molecule has 0 unspecified atom stereocenters. The summed E-state index contributed by atoms with van der Waals surface area (Å²) in [6.07, 6.45) is 0. The first-order valence-electron chi connectivity index (χ1n) is 4.95. The second kappa shape index (κ2) is 4.19. The lowest BCUT2D eigenvalue weighted by molar-refractivity contribution is 0.313. The second-order valence-electron chi connectivity index (χ2n) is 4.73. The van der Waals surface area contributed by atoms with Crippen molar-refractivity contribution in [3.8, 4) is 5.75 Å². The molecule has 0 aromatic heterocycles. The zero-order chi connectivity index (χ0) is 11.6. The fourth-order valence-electron chi connectivity index (χ4n) is 1.41. The summed E-state index contributed by atoms with van der Waals surface area (Å²) in [5, 5.41) is 0. The Labute approximate surface area is 90.2 Å². The van der Waals surface area contributed by atoms with E-state index >= 15 is 0 Å². The first-order valence-corrected chi connectivity index (χ1v) is 4.95. The summed E-state index contributed by atoms with van der Waals surface area (Å²) in [5.41, 5.74) is 6.86. The van der Waals surface area contributed by atoms with Crippen molar-refractivity contribution < 1.29 is 9.13 Å². The van der Waals surface area contributed by atoms with Crippen LogP contribution in [0.4, 0.5) is 4.39 Å². The summed E-state index contributed by atoms with van der Waals surface area (Å²) in [6, 6.07) is 4.28. The molecule has 0 spiro atoms. The van der Waals surface area contributed by atoms with E-state index in [0.29, 0.717) is 5.75 Å². The van der Waals surface area contributed by atoms with Crippen molar-refractivity contribution in [2.45, 2.75) is 26.8 Å². The van der Waals surface area contributed by atoms with Crippen molar-refractivity contribution in [3.05, 3.63) is 29.6 Å². The molecule has 0 radical (unpaired) electrons. The van der Waals surface area contributed by atoms with Crippen molar-refractivity contribution in [2.24, 2.45) is 11.1 Å². The van der Waals surface area contributed by atoms with Gasteiger partial charge in [-0.3, -0.25) is 0 Å². The number of hydrogen-bond acceptors (Lipinski definition) is 2. The van der Waals surface area contributed by atoms with Crippen molar-refractivity contribution in [1.82, 2.24) is 0 Å². The van der Waals surface area contributed by atoms with E-state index in [-0.39, 0.29) is 17.3 Å². The summed E-state index contributed by atoms with van der Waals surface area (Å²) >= 11 is 0. The Kier molecular flexibility index (Phi) is 3.35. The average molecular weight is 211 g/mol. The summed E-state index contributed by atoms with van der Waals surface area (Å²) < 4.78 is 18.1. The molecule has 0 amide bonds. The van der Waals surface area contributed by atoms with E-state index in [2.05, 4.69) is 0 Å². The first kappa shape index (κ1) is 12.0. The Morgan fingerprint density at radius 2 is 1.93 bits per heavy atom. The molecular formula is C12H18FNO. The molecule has 1 atom stereocenters. The van der Waals surface area contributed by atoms with Crippen LogP contribution in [0.3, 0.4) is 0 Å². The van der Waals surface area contributed by atoms with Gasteiger partial charge in [0, 0.05) is 17.7 Å². The predicted octanol–water partition coefficient (Wildman–Crippen LogP) is 2.88. The van der Waals surface area contributed by atoms with Gasteiger partial charge in [0.05, 0.1) is 7.11 Å². The number of methoxy groups -OCH3 is 1. The van der Waals surface area contributed by atoms with Gasteiger partial charge in [0.2, 0.25) is 0 Å². The van der Waals surface area contributed by atoms with Gasteiger partial charge in [0.25, 0.3) is 0 Å². The Morgan fingerprint density at radius 1 is 1.33 bits per heavy atom. The average Bonchev–Trinajstić information content (AvgIpc) is 2.15. The highest BCUT2D eigenvalue weighted by atomic mass is 19.1. The molecule has 2 nitrogen and oxygen atoms in total. The molecule has 0 saturated carbocycles. The molecule has 0 aliphatic rings. The molecular weight excluding hydrogens is 193 g/mol. The minimum absolute atomic E-state index is 0.0783. The number of rotatable bonds is 2. The van der Waals surface area contributed by atoms with Gasteiger partial charge < -0.3 is 10.5 Å². The number of ether oxygens (including phenoxy) is 1. The van der Waals surface area contributed by atoms with Gasteiger partial charge in [-0.1, -0.05) is 26.8 Å². The molecule has 0 aliphatic heterocycles. The van der Waals surface area contributed by atoms with Crippen LogP contribution in [-0.4, -0.2) is 7.11 Å². The number of hydrogen-bond donors (Lipinski definition) is 1. The van der Waals surface area contributed by atoms with Gasteiger partial charge in [0.1, 0.15) is 11.6 Å². The van der Waals surface area contributed by atoms with Crippen LogP contribution in [0.2, 0.25) is 0 Å². The van der Waals surface area contributed by atoms with Crippen LogP contribution in [0.25, 0.3) is 0 Å². The summed E-state index contributed by atoms with van der Waals surface area (Å²) in [7, 11) is 1.52. The fraction of sp³-hybridized carbons (Fsp3) is 0.500. The molecule has 0 fully saturated rings. The van der Waals surface area contributed by atoms with E-state index < -0.39 is 0 Å². The minimum atomic E-state index is -0.309. The third kappa shape index (κ3) is 2.69. The van der Waals surface area contributed by atoms with Crippen molar-refractivity contribution in [3.63, 3.8) is 0 Å². The van der Waals surface area contributed by atoms with Crippen LogP contribution < -0.4 is 10.5 Å². The third-order valence-electron chi connectivity index (χ3n) is 2.46. The predicted molar refractivity (Wildman–Crippen MR) is 59.3 cm³/mol. The van der Waals surface area contributed by atoms with Gasteiger partial charge in [-0.15, -0.1) is 0 Å². The number of benzene rings is 1. The minimum Gasteiger partial charge on any atom is -0.496 e. The van der Waals surface area contributed by atoms with E-state index in [1.165, 1.54) is 19.2 Å².